The normalized spacial score (nSPS) is 36.4. The monoisotopic (exact) mass is 169 g/mol. The Labute approximate surface area is 72.3 Å². The van der Waals surface area contributed by atoms with E-state index in [0.29, 0.717) is 12.3 Å². The summed E-state index contributed by atoms with van der Waals surface area (Å²) in [6.45, 7) is 0. The Kier molecular flexibility index (Phi) is 2.05. The summed E-state index contributed by atoms with van der Waals surface area (Å²) in [4.78, 5) is 11.1. The lowest BCUT2D eigenvalue weighted by Crippen LogP contribution is -2.47. The molecule has 0 radical (unpaired) electrons. The number of hydroxylamine groups is 2. The number of hydrogen-bond donors (Lipinski definition) is 1. The Morgan fingerprint density at radius 3 is 2.83 bits per heavy atom. The first-order valence-electron chi connectivity index (χ1n) is 4.80. The molecule has 0 aromatic heterocycles. The van der Waals surface area contributed by atoms with E-state index in [2.05, 4.69) is 0 Å². The van der Waals surface area contributed by atoms with Crippen LogP contribution in [-0.2, 0) is 4.79 Å². The molecular formula is C9H15NO2. The van der Waals surface area contributed by atoms with E-state index in [1.807, 2.05) is 0 Å². The van der Waals surface area contributed by atoms with E-state index >= 15 is 0 Å². The lowest BCUT2D eigenvalue weighted by molar-refractivity contribution is -0.192. The number of carbonyl (C=O) groups excluding carboxylic acids is 1. The van der Waals surface area contributed by atoms with Crippen molar-refractivity contribution in [2.45, 2.75) is 44.6 Å². The van der Waals surface area contributed by atoms with Gasteiger partial charge in [-0.25, -0.2) is 5.06 Å². The summed E-state index contributed by atoms with van der Waals surface area (Å²) in [7, 11) is 0. The number of hydrogen-bond acceptors (Lipinski definition) is 2. The number of piperidine rings is 1. The van der Waals surface area contributed by atoms with E-state index in [4.69, 9.17) is 0 Å². The van der Waals surface area contributed by atoms with Crippen molar-refractivity contribution in [1.82, 2.24) is 5.06 Å². The molecule has 1 aliphatic heterocycles. The van der Waals surface area contributed by atoms with Crippen LogP contribution in [0.2, 0.25) is 0 Å². The Bertz CT molecular complexity index is 193. The van der Waals surface area contributed by atoms with Crippen molar-refractivity contribution in [3.63, 3.8) is 0 Å². The molecule has 0 aromatic carbocycles. The van der Waals surface area contributed by atoms with Gasteiger partial charge in [-0.2, -0.15) is 0 Å². The molecule has 0 aromatic rings. The largest absolute Gasteiger partial charge is 0.286 e. The van der Waals surface area contributed by atoms with Crippen molar-refractivity contribution >= 4 is 5.91 Å². The van der Waals surface area contributed by atoms with Crippen LogP contribution in [0.5, 0.6) is 0 Å². The maximum absolute atomic E-state index is 11.1. The van der Waals surface area contributed by atoms with Crippen LogP contribution in [0.25, 0.3) is 0 Å². The standard InChI is InChI=1S/C9H15NO2/c11-9-6-5-7-3-1-2-4-8(7)10(9)12/h7-8,12H,1-6H2. The van der Waals surface area contributed by atoms with Gasteiger partial charge in [-0.3, -0.25) is 10.0 Å². The van der Waals surface area contributed by atoms with E-state index in [0.717, 1.165) is 24.3 Å². The smallest absolute Gasteiger partial charge is 0.246 e. The molecule has 2 aliphatic rings. The van der Waals surface area contributed by atoms with E-state index in [1.165, 1.54) is 12.8 Å². The van der Waals surface area contributed by atoms with Crippen LogP contribution in [0.4, 0.5) is 0 Å². The number of carbonyl (C=O) groups is 1. The predicted octanol–water partition coefficient (Wildman–Crippen LogP) is 1.56. The van der Waals surface area contributed by atoms with Crippen LogP contribution < -0.4 is 0 Å². The fourth-order valence-corrected chi connectivity index (χ4v) is 2.46. The molecule has 1 N–H and O–H groups in total. The molecule has 1 heterocycles. The van der Waals surface area contributed by atoms with Crippen molar-refractivity contribution in [1.29, 1.82) is 0 Å². The highest BCUT2D eigenvalue weighted by Crippen LogP contribution is 2.34. The van der Waals surface area contributed by atoms with E-state index in [1.54, 1.807) is 0 Å². The molecule has 2 fully saturated rings. The summed E-state index contributed by atoms with van der Waals surface area (Å²) < 4.78 is 0. The average Bonchev–Trinajstić information content (AvgIpc) is 2.12. The van der Waals surface area contributed by atoms with Gasteiger partial charge >= 0.3 is 0 Å². The fourth-order valence-electron chi connectivity index (χ4n) is 2.46. The van der Waals surface area contributed by atoms with Gasteiger partial charge in [0.25, 0.3) is 0 Å². The van der Waals surface area contributed by atoms with Gasteiger partial charge in [0.05, 0.1) is 6.04 Å². The van der Waals surface area contributed by atoms with Crippen molar-refractivity contribution < 1.29 is 10.0 Å². The predicted molar refractivity (Wildman–Crippen MR) is 43.6 cm³/mol. The van der Waals surface area contributed by atoms with Crippen LogP contribution in [0.1, 0.15) is 38.5 Å². The molecule has 0 bridgehead atoms. The van der Waals surface area contributed by atoms with Crippen LogP contribution in [0, 0.1) is 5.92 Å². The third-order valence-corrected chi connectivity index (χ3v) is 3.17. The summed E-state index contributed by atoms with van der Waals surface area (Å²) in [5.41, 5.74) is 0. The third-order valence-electron chi connectivity index (χ3n) is 3.17. The highest BCUT2D eigenvalue weighted by atomic mass is 16.5. The van der Waals surface area contributed by atoms with Gasteiger partial charge in [0.2, 0.25) is 5.91 Å². The van der Waals surface area contributed by atoms with Crippen molar-refractivity contribution in [3.8, 4) is 0 Å². The molecule has 2 rings (SSSR count). The Balaban J connectivity index is 2.08. The van der Waals surface area contributed by atoms with Crippen LogP contribution in [0.15, 0.2) is 0 Å². The molecule has 68 valence electrons. The van der Waals surface area contributed by atoms with Gasteiger partial charge in [0, 0.05) is 6.42 Å². The van der Waals surface area contributed by atoms with Crippen LogP contribution >= 0.6 is 0 Å². The lowest BCUT2D eigenvalue weighted by Gasteiger charge is -2.39. The van der Waals surface area contributed by atoms with Crippen molar-refractivity contribution in [2.24, 2.45) is 5.92 Å². The van der Waals surface area contributed by atoms with Gasteiger partial charge in [0.1, 0.15) is 0 Å². The maximum atomic E-state index is 11.1. The zero-order valence-electron chi connectivity index (χ0n) is 7.20. The average molecular weight is 169 g/mol. The summed E-state index contributed by atoms with van der Waals surface area (Å²) in [6, 6.07) is 0.139. The second-order valence-corrected chi connectivity index (χ2v) is 3.89. The molecule has 0 spiro atoms. The molecule has 1 saturated heterocycles. The minimum Gasteiger partial charge on any atom is -0.286 e. The number of nitrogens with zero attached hydrogens (tertiary/aromatic N) is 1. The SMILES string of the molecule is O=C1CCC2CCCCC2N1O. The number of amides is 1. The molecule has 1 saturated carbocycles. The second kappa shape index (κ2) is 3.05. The molecule has 3 heteroatoms. The van der Waals surface area contributed by atoms with Gasteiger partial charge in [-0.05, 0) is 25.2 Å². The van der Waals surface area contributed by atoms with E-state index in [9.17, 15) is 10.0 Å². The zero-order valence-corrected chi connectivity index (χ0v) is 7.20. The molecule has 2 unspecified atom stereocenters. The topological polar surface area (TPSA) is 40.5 Å². The molecule has 2 atom stereocenters. The first-order valence-corrected chi connectivity index (χ1v) is 4.80. The van der Waals surface area contributed by atoms with Gasteiger partial charge in [-0.15, -0.1) is 0 Å². The maximum Gasteiger partial charge on any atom is 0.246 e. The number of rotatable bonds is 0. The molecule has 1 aliphatic carbocycles. The Hall–Kier alpha value is -0.570. The van der Waals surface area contributed by atoms with Gasteiger partial charge < -0.3 is 0 Å². The highest BCUT2D eigenvalue weighted by Gasteiger charge is 2.36. The number of fused-ring (bicyclic) bond motifs is 1. The lowest BCUT2D eigenvalue weighted by atomic mass is 9.79. The van der Waals surface area contributed by atoms with Crippen LogP contribution in [0.3, 0.4) is 0 Å². The zero-order chi connectivity index (χ0) is 8.55. The molecular weight excluding hydrogens is 154 g/mol. The van der Waals surface area contributed by atoms with Crippen LogP contribution in [-0.4, -0.2) is 22.2 Å². The summed E-state index contributed by atoms with van der Waals surface area (Å²) in [6.07, 6.45) is 6.13. The second-order valence-electron chi connectivity index (χ2n) is 3.89. The van der Waals surface area contributed by atoms with Crippen molar-refractivity contribution in [2.75, 3.05) is 0 Å². The molecule has 3 nitrogen and oxygen atoms in total. The summed E-state index contributed by atoms with van der Waals surface area (Å²) in [5.74, 6) is 0.486. The summed E-state index contributed by atoms with van der Waals surface area (Å²) in [5, 5.41) is 10.5. The van der Waals surface area contributed by atoms with E-state index < -0.39 is 0 Å². The molecule has 1 amide bonds. The van der Waals surface area contributed by atoms with Gasteiger partial charge in [-0.1, -0.05) is 12.8 Å². The minimum absolute atomic E-state index is 0.0850. The quantitative estimate of drug-likeness (QED) is 0.559. The van der Waals surface area contributed by atoms with Gasteiger partial charge in [0.15, 0.2) is 0 Å². The fraction of sp³-hybridized carbons (Fsp3) is 0.889. The minimum atomic E-state index is -0.0850. The Morgan fingerprint density at radius 1 is 1.25 bits per heavy atom. The first kappa shape index (κ1) is 8.05. The first-order chi connectivity index (χ1) is 5.79. The summed E-state index contributed by atoms with van der Waals surface area (Å²) >= 11 is 0. The Morgan fingerprint density at radius 2 is 2.00 bits per heavy atom. The van der Waals surface area contributed by atoms with Crippen molar-refractivity contribution in [3.05, 3.63) is 0 Å². The molecule has 12 heavy (non-hydrogen) atoms. The third kappa shape index (κ3) is 1.22. The van der Waals surface area contributed by atoms with E-state index in [-0.39, 0.29) is 11.9 Å². The highest BCUT2D eigenvalue weighted by molar-refractivity contribution is 5.76.